The average molecular weight is 162 g/mol. The molecule has 1 unspecified atom stereocenters. The summed E-state index contributed by atoms with van der Waals surface area (Å²) in [5.74, 6) is 0. The van der Waals surface area contributed by atoms with Crippen LogP contribution in [0.25, 0.3) is 6.08 Å². The van der Waals surface area contributed by atoms with E-state index in [0.29, 0.717) is 0 Å². The Morgan fingerprint density at radius 2 is 2.27 bits per heavy atom. The number of allylic oxidation sites excluding steroid dienone is 1. The number of hydrogen-bond acceptors (Lipinski definition) is 0. The monoisotopic (exact) mass is 162 g/mol. The lowest BCUT2D eigenvalue weighted by atomic mass is 10.1. The standard InChI is InChI=1S/C10H11P/c1-8-4-2-5-9-6-3-7-11-10(8)9/h2-6,11H,7H2,1H3. The maximum atomic E-state index is 2.26. The van der Waals surface area contributed by atoms with Crippen LogP contribution < -0.4 is 5.30 Å². The molecule has 1 heteroatoms. The van der Waals surface area contributed by atoms with Gasteiger partial charge >= 0.3 is 0 Å². The Morgan fingerprint density at radius 3 is 3.09 bits per heavy atom. The van der Waals surface area contributed by atoms with Crippen LogP contribution in [0.15, 0.2) is 24.3 Å². The number of aryl methyl sites for hydroxylation is 1. The summed E-state index contributed by atoms with van der Waals surface area (Å²) in [6.45, 7) is 2.20. The van der Waals surface area contributed by atoms with Crippen molar-refractivity contribution >= 4 is 20.0 Å². The second-order valence-corrected chi connectivity index (χ2v) is 4.08. The second-order valence-electron chi connectivity index (χ2n) is 2.82. The first kappa shape index (κ1) is 7.06. The highest BCUT2D eigenvalue weighted by Crippen LogP contribution is 2.22. The fourth-order valence-electron chi connectivity index (χ4n) is 1.42. The predicted molar refractivity (Wildman–Crippen MR) is 53.0 cm³/mol. The van der Waals surface area contributed by atoms with Gasteiger partial charge in [0.1, 0.15) is 0 Å². The highest BCUT2D eigenvalue weighted by atomic mass is 31.1. The van der Waals surface area contributed by atoms with E-state index in [4.69, 9.17) is 0 Å². The molecule has 0 N–H and O–H groups in total. The number of benzene rings is 1. The molecule has 2 rings (SSSR count). The topological polar surface area (TPSA) is 0 Å². The highest BCUT2D eigenvalue weighted by Gasteiger charge is 2.04. The van der Waals surface area contributed by atoms with E-state index in [1.165, 1.54) is 17.3 Å². The van der Waals surface area contributed by atoms with E-state index in [1.807, 2.05) is 0 Å². The van der Waals surface area contributed by atoms with Crippen molar-refractivity contribution in [1.29, 1.82) is 0 Å². The molecule has 1 aromatic rings. The van der Waals surface area contributed by atoms with Crippen molar-refractivity contribution in [3.05, 3.63) is 35.4 Å². The van der Waals surface area contributed by atoms with E-state index in [2.05, 4.69) is 37.3 Å². The number of fused-ring (bicyclic) bond motifs is 1. The quantitative estimate of drug-likeness (QED) is 0.513. The van der Waals surface area contributed by atoms with Gasteiger partial charge in [0.05, 0.1) is 0 Å². The van der Waals surface area contributed by atoms with Crippen LogP contribution in [0.1, 0.15) is 11.1 Å². The minimum Gasteiger partial charge on any atom is -0.0856 e. The lowest BCUT2D eigenvalue weighted by Gasteiger charge is -2.12. The molecule has 0 radical (unpaired) electrons. The third kappa shape index (κ3) is 1.23. The zero-order valence-electron chi connectivity index (χ0n) is 6.59. The van der Waals surface area contributed by atoms with Crippen molar-refractivity contribution in [2.45, 2.75) is 6.92 Å². The van der Waals surface area contributed by atoms with E-state index in [9.17, 15) is 0 Å². The van der Waals surface area contributed by atoms with Crippen LogP contribution in [0.3, 0.4) is 0 Å². The van der Waals surface area contributed by atoms with Crippen LogP contribution in [0, 0.1) is 6.92 Å². The Labute approximate surface area is 69.1 Å². The third-order valence-corrected chi connectivity index (χ3v) is 3.48. The summed E-state index contributed by atoms with van der Waals surface area (Å²) in [5, 5.41) is 1.56. The van der Waals surface area contributed by atoms with Crippen LogP contribution in [0.2, 0.25) is 0 Å². The van der Waals surface area contributed by atoms with Crippen molar-refractivity contribution in [3.63, 3.8) is 0 Å². The maximum absolute atomic E-state index is 2.26. The molecule has 0 spiro atoms. The molecule has 0 aliphatic carbocycles. The van der Waals surface area contributed by atoms with E-state index in [0.717, 1.165) is 8.58 Å². The molecule has 1 heterocycles. The average Bonchev–Trinajstić information content (AvgIpc) is 2.06. The molecule has 56 valence electrons. The zero-order chi connectivity index (χ0) is 7.68. The van der Waals surface area contributed by atoms with Crippen LogP contribution in [-0.4, -0.2) is 6.16 Å². The third-order valence-electron chi connectivity index (χ3n) is 2.00. The molecule has 11 heavy (non-hydrogen) atoms. The Kier molecular flexibility index (Phi) is 1.79. The normalized spacial score (nSPS) is 16.8. The summed E-state index contributed by atoms with van der Waals surface area (Å²) in [6.07, 6.45) is 5.73. The lowest BCUT2D eigenvalue weighted by molar-refractivity contribution is 1.49. The first-order valence-electron chi connectivity index (χ1n) is 3.88. The van der Waals surface area contributed by atoms with Gasteiger partial charge in [-0.05, 0) is 29.5 Å². The van der Waals surface area contributed by atoms with Crippen molar-refractivity contribution in [3.8, 4) is 0 Å². The SMILES string of the molecule is Cc1cccc2c1PCC=C2. The van der Waals surface area contributed by atoms with Gasteiger partial charge in [-0.3, -0.25) is 0 Å². The van der Waals surface area contributed by atoms with Gasteiger partial charge in [-0.1, -0.05) is 38.9 Å². The Balaban J connectivity index is 2.60. The predicted octanol–water partition coefficient (Wildman–Crippen LogP) is 2.33. The van der Waals surface area contributed by atoms with Gasteiger partial charge in [0.15, 0.2) is 0 Å². The molecule has 0 bridgehead atoms. The minimum atomic E-state index is 0.985. The molecule has 1 atom stereocenters. The van der Waals surface area contributed by atoms with Gasteiger partial charge < -0.3 is 0 Å². The van der Waals surface area contributed by atoms with E-state index < -0.39 is 0 Å². The van der Waals surface area contributed by atoms with Gasteiger partial charge in [-0.25, -0.2) is 0 Å². The van der Waals surface area contributed by atoms with Crippen molar-refractivity contribution < 1.29 is 0 Å². The first-order chi connectivity index (χ1) is 5.38. The molecule has 1 aromatic carbocycles. The Hall–Kier alpha value is -0.610. The summed E-state index contributed by atoms with van der Waals surface area (Å²) in [4.78, 5) is 0. The van der Waals surface area contributed by atoms with Crippen molar-refractivity contribution in [2.75, 3.05) is 6.16 Å². The molecule has 0 saturated carbocycles. The lowest BCUT2D eigenvalue weighted by Crippen LogP contribution is -2.07. The summed E-state index contributed by atoms with van der Waals surface area (Å²) < 4.78 is 0. The minimum absolute atomic E-state index is 0.985. The largest absolute Gasteiger partial charge is 0.0856 e. The summed E-state index contributed by atoms with van der Waals surface area (Å²) in [7, 11) is 0.985. The molecule has 0 fully saturated rings. The van der Waals surface area contributed by atoms with Gasteiger partial charge in [0, 0.05) is 0 Å². The molecule has 0 amide bonds. The first-order valence-corrected chi connectivity index (χ1v) is 5.08. The molecular formula is C10H11P. The van der Waals surface area contributed by atoms with E-state index in [1.54, 1.807) is 5.30 Å². The van der Waals surface area contributed by atoms with Crippen LogP contribution >= 0.6 is 8.58 Å². The van der Waals surface area contributed by atoms with Crippen LogP contribution in [-0.2, 0) is 0 Å². The number of rotatable bonds is 0. The summed E-state index contributed by atoms with van der Waals surface area (Å²) in [6, 6.07) is 6.53. The van der Waals surface area contributed by atoms with E-state index >= 15 is 0 Å². The highest BCUT2D eigenvalue weighted by molar-refractivity contribution is 7.47. The summed E-state index contributed by atoms with van der Waals surface area (Å²) in [5.41, 5.74) is 2.87. The van der Waals surface area contributed by atoms with Crippen LogP contribution in [0.5, 0.6) is 0 Å². The smallest absolute Gasteiger partial charge is 0.0128 e. The Bertz CT molecular complexity index is 300. The molecule has 0 aromatic heterocycles. The molecule has 1 aliphatic heterocycles. The maximum Gasteiger partial charge on any atom is -0.0128 e. The second kappa shape index (κ2) is 2.79. The van der Waals surface area contributed by atoms with E-state index in [-0.39, 0.29) is 0 Å². The van der Waals surface area contributed by atoms with Gasteiger partial charge in [0.2, 0.25) is 0 Å². The molecule has 0 nitrogen and oxygen atoms in total. The van der Waals surface area contributed by atoms with Gasteiger partial charge in [-0.2, -0.15) is 0 Å². The fourth-order valence-corrected chi connectivity index (χ4v) is 2.59. The number of hydrogen-bond donors (Lipinski definition) is 0. The van der Waals surface area contributed by atoms with Crippen molar-refractivity contribution in [1.82, 2.24) is 0 Å². The van der Waals surface area contributed by atoms with Gasteiger partial charge in [-0.15, -0.1) is 0 Å². The van der Waals surface area contributed by atoms with Crippen LogP contribution in [0.4, 0.5) is 0 Å². The molecule has 1 aliphatic rings. The fraction of sp³-hybridized carbons (Fsp3) is 0.200. The molecule has 0 saturated heterocycles. The summed E-state index contributed by atoms with van der Waals surface area (Å²) >= 11 is 0. The zero-order valence-corrected chi connectivity index (χ0v) is 7.59. The Morgan fingerprint density at radius 1 is 1.36 bits per heavy atom. The molecular weight excluding hydrogens is 151 g/mol. The van der Waals surface area contributed by atoms with Crippen molar-refractivity contribution in [2.24, 2.45) is 0 Å². The van der Waals surface area contributed by atoms with Gasteiger partial charge in [0.25, 0.3) is 0 Å².